The minimum atomic E-state index is -0.166. The van der Waals surface area contributed by atoms with Gasteiger partial charge in [0.15, 0.2) is 0 Å². The fraction of sp³-hybridized carbons (Fsp3) is 0.938. The van der Waals surface area contributed by atoms with E-state index in [0.717, 1.165) is 32.1 Å². The molecule has 1 fully saturated rings. The number of nitrogens with one attached hydrogen (secondary N) is 1. The molecule has 0 aromatic rings. The molecule has 0 aromatic heterocycles. The molecule has 0 radical (unpaired) electrons. The van der Waals surface area contributed by atoms with Crippen LogP contribution in [0.3, 0.4) is 0 Å². The number of ether oxygens (including phenoxy) is 1. The van der Waals surface area contributed by atoms with Crippen molar-refractivity contribution in [2.75, 3.05) is 26.7 Å². The summed E-state index contributed by atoms with van der Waals surface area (Å²) in [5, 5.41) is 3.23. The molecule has 1 atom stereocenters. The van der Waals surface area contributed by atoms with E-state index in [1.54, 1.807) is 0 Å². The largest absolute Gasteiger partial charge is 0.468 e. The van der Waals surface area contributed by atoms with E-state index in [2.05, 4.69) is 24.1 Å². The quantitative estimate of drug-likeness (QED) is 0.660. The van der Waals surface area contributed by atoms with Crippen LogP contribution >= 0.6 is 0 Å². The molecule has 0 aromatic carbocycles. The molecule has 0 amide bonds. The maximum absolute atomic E-state index is 11.8. The number of esters is 1. The number of rotatable bonds is 9. The van der Waals surface area contributed by atoms with Crippen molar-refractivity contribution in [3.63, 3.8) is 0 Å². The maximum Gasteiger partial charge on any atom is 0.322 e. The third kappa shape index (κ3) is 5.80. The molecule has 1 aliphatic rings. The minimum absolute atomic E-state index is 0.136. The molecule has 1 N–H and O–H groups in total. The molecule has 1 saturated carbocycles. The second kappa shape index (κ2) is 9.35. The van der Waals surface area contributed by atoms with Crippen LogP contribution in [-0.2, 0) is 9.53 Å². The van der Waals surface area contributed by atoms with E-state index in [9.17, 15) is 4.79 Å². The molecule has 118 valence electrons. The summed E-state index contributed by atoms with van der Waals surface area (Å²) in [4.78, 5) is 14.3. The lowest BCUT2D eigenvalue weighted by Gasteiger charge is -2.31. The summed E-state index contributed by atoms with van der Waals surface area (Å²) in [6.07, 6.45) is 6.18. The van der Waals surface area contributed by atoms with Crippen LogP contribution in [0, 0.1) is 5.92 Å². The predicted molar refractivity (Wildman–Crippen MR) is 82.8 cm³/mol. The summed E-state index contributed by atoms with van der Waals surface area (Å²) in [7, 11) is 1.47. The van der Waals surface area contributed by atoms with E-state index >= 15 is 0 Å². The molecule has 0 spiro atoms. The zero-order valence-corrected chi connectivity index (χ0v) is 13.7. The Kier molecular flexibility index (Phi) is 8.15. The van der Waals surface area contributed by atoms with E-state index in [1.807, 2.05) is 6.92 Å². The summed E-state index contributed by atoms with van der Waals surface area (Å²) in [6.45, 7) is 9.47. The molecule has 0 bridgehead atoms. The Morgan fingerprint density at radius 1 is 1.35 bits per heavy atom. The average Bonchev–Trinajstić information content (AvgIpc) is 2.94. The summed E-state index contributed by atoms with van der Waals surface area (Å²) in [5.74, 6) is 0.536. The van der Waals surface area contributed by atoms with Gasteiger partial charge in [0.05, 0.1) is 7.11 Å². The standard InChI is InChI=1S/C16H32N2O2/c1-5-17-15(16(19)20-4)10-11-18(12-13(2)3)14-8-6-7-9-14/h13-15,17H,5-12H2,1-4H3. The zero-order chi connectivity index (χ0) is 15.0. The van der Waals surface area contributed by atoms with Gasteiger partial charge < -0.3 is 15.0 Å². The normalized spacial score (nSPS) is 17.9. The van der Waals surface area contributed by atoms with Crippen molar-refractivity contribution < 1.29 is 9.53 Å². The number of hydrogen-bond acceptors (Lipinski definition) is 4. The SMILES string of the molecule is CCNC(CCN(CC(C)C)C1CCCC1)C(=O)OC. The first-order valence-electron chi connectivity index (χ1n) is 8.13. The van der Waals surface area contributed by atoms with Gasteiger partial charge >= 0.3 is 5.97 Å². The van der Waals surface area contributed by atoms with Crippen molar-refractivity contribution in [1.82, 2.24) is 10.2 Å². The Bertz CT molecular complexity index is 276. The fourth-order valence-corrected chi connectivity index (χ4v) is 3.15. The van der Waals surface area contributed by atoms with Gasteiger partial charge in [-0.25, -0.2) is 0 Å². The van der Waals surface area contributed by atoms with Gasteiger partial charge in [0.1, 0.15) is 6.04 Å². The first-order chi connectivity index (χ1) is 9.58. The Hall–Kier alpha value is -0.610. The van der Waals surface area contributed by atoms with Crippen LogP contribution < -0.4 is 5.32 Å². The first-order valence-corrected chi connectivity index (χ1v) is 8.13. The number of likely N-dealkylation sites (N-methyl/N-ethyl adjacent to an activating group) is 1. The molecule has 4 heteroatoms. The molecule has 0 heterocycles. The smallest absolute Gasteiger partial charge is 0.322 e. The van der Waals surface area contributed by atoms with Crippen molar-refractivity contribution in [2.45, 2.75) is 65.0 Å². The van der Waals surface area contributed by atoms with Gasteiger partial charge in [0, 0.05) is 19.1 Å². The average molecular weight is 284 g/mol. The van der Waals surface area contributed by atoms with Crippen LogP contribution in [0.5, 0.6) is 0 Å². The van der Waals surface area contributed by atoms with Crippen LogP contribution in [0.4, 0.5) is 0 Å². The van der Waals surface area contributed by atoms with Crippen LogP contribution in [0.1, 0.15) is 52.9 Å². The van der Waals surface area contributed by atoms with Crippen LogP contribution in [0.25, 0.3) is 0 Å². The summed E-state index contributed by atoms with van der Waals surface area (Å²) in [6, 6.07) is 0.554. The molecule has 1 unspecified atom stereocenters. The molecular formula is C16H32N2O2. The number of hydrogen-bond donors (Lipinski definition) is 1. The van der Waals surface area contributed by atoms with Gasteiger partial charge in [0.2, 0.25) is 0 Å². The van der Waals surface area contributed by atoms with Crippen molar-refractivity contribution in [2.24, 2.45) is 5.92 Å². The highest BCUT2D eigenvalue weighted by Gasteiger charge is 2.25. The highest BCUT2D eigenvalue weighted by Crippen LogP contribution is 2.24. The van der Waals surface area contributed by atoms with Crippen molar-refractivity contribution in [3.8, 4) is 0 Å². The minimum Gasteiger partial charge on any atom is -0.468 e. The summed E-state index contributed by atoms with van der Waals surface area (Å²) in [5.41, 5.74) is 0. The second-order valence-corrected chi connectivity index (χ2v) is 6.25. The Balaban J connectivity index is 2.51. The first kappa shape index (κ1) is 17.4. The van der Waals surface area contributed by atoms with Gasteiger partial charge in [0.25, 0.3) is 0 Å². The van der Waals surface area contributed by atoms with Crippen molar-refractivity contribution in [3.05, 3.63) is 0 Å². The summed E-state index contributed by atoms with van der Waals surface area (Å²) < 4.78 is 4.88. The van der Waals surface area contributed by atoms with Crippen molar-refractivity contribution in [1.29, 1.82) is 0 Å². The van der Waals surface area contributed by atoms with Gasteiger partial charge in [-0.1, -0.05) is 33.6 Å². The lowest BCUT2D eigenvalue weighted by atomic mass is 10.1. The number of nitrogens with zero attached hydrogens (tertiary/aromatic N) is 1. The molecule has 4 nitrogen and oxygen atoms in total. The second-order valence-electron chi connectivity index (χ2n) is 6.25. The van der Waals surface area contributed by atoms with E-state index in [1.165, 1.54) is 32.8 Å². The molecule has 0 saturated heterocycles. The van der Waals surface area contributed by atoms with E-state index in [4.69, 9.17) is 4.74 Å². The molecule has 1 aliphatic carbocycles. The summed E-state index contributed by atoms with van der Waals surface area (Å²) >= 11 is 0. The lowest BCUT2D eigenvalue weighted by molar-refractivity contribution is -0.143. The van der Waals surface area contributed by atoms with E-state index in [-0.39, 0.29) is 12.0 Å². The van der Waals surface area contributed by atoms with Crippen molar-refractivity contribution >= 4 is 5.97 Å². The molecule has 1 rings (SSSR count). The fourth-order valence-electron chi connectivity index (χ4n) is 3.15. The van der Waals surface area contributed by atoms with Gasteiger partial charge in [-0.2, -0.15) is 0 Å². The predicted octanol–water partition coefficient (Wildman–Crippen LogP) is 2.43. The highest BCUT2D eigenvalue weighted by atomic mass is 16.5. The lowest BCUT2D eigenvalue weighted by Crippen LogP contribution is -2.43. The third-order valence-electron chi connectivity index (χ3n) is 4.08. The topological polar surface area (TPSA) is 41.6 Å². The molecule has 20 heavy (non-hydrogen) atoms. The Morgan fingerprint density at radius 2 is 2.00 bits per heavy atom. The Morgan fingerprint density at radius 3 is 2.50 bits per heavy atom. The monoisotopic (exact) mass is 284 g/mol. The number of methoxy groups -OCH3 is 1. The van der Waals surface area contributed by atoms with Crippen LogP contribution in [0.2, 0.25) is 0 Å². The van der Waals surface area contributed by atoms with Crippen LogP contribution in [-0.4, -0.2) is 49.7 Å². The van der Waals surface area contributed by atoms with Gasteiger partial charge in [-0.05, 0) is 31.7 Å². The number of carbonyl (C=O) groups excluding carboxylic acids is 1. The molecular weight excluding hydrogens is 252 g/mol. The highest BCUT2D eigenvalue weighted by molar-refractivity contribution is 5.75. The van der Waals surface area contributed by atoms with Gasteiger partial charge in [-0.3, -0.25) is 4.79 Å². The van der Waals surface area contributed by atoms with E-state index in [0.29, 0.717) is 5.92 Å². The Labute approximate surface area is 124 Å². The maximum atomic E-state index is 11.8. The van der Waals surface area contributed by atoms with Crippen LogP contribution in [0.15, 0.2) is 0 Å². The third-order valence-corrected chi connectivity index (χ3v) is 4.08. The number of carbonyl (C=O) groups is 1. The van der Waals surface area contributed by atoms with E-state index < -0.39 is 0 Å². The zero-order valence-electron chi connectivity index (χ0n) is 13.7. The molecule has 0 aliphatic heterocycles. The van der Waals surface area contributed by atoms with Gasteiger partial charge in [-0.15, -0.1) is 0 Å².